The number of nitrogens with one attached hydrogen (secondary N) is 1. The van der Waals surface area contributed by atoms with E-state index in [0.29, 0.717) is 60.7 Å². The molecule has 216 valence electrons. The number of aryl methyl sites for hydroxylation is 2. The molecule has 1 saturated heterocycles. The minimum atomic E-state index is -3.28. The zero-order valence-corrected chi connectivity index (χ0v) is 23.5. The number of alkyl halides is 2. The van der Waals surface area contributed by atoms with E-state index in [1.807, 2.05) is 0 Å². The number of rotatable bonds is 1. The maximum Gasteiger partial charge on any atom is 0.276 e. The van der Waals surface area contributed by atoms with Crippen molar-refractivity contribution in [3.8, 4) is 6.07 Å². The van der Waals surface area contributed by atoms with E-state index in [0.717, 1.165) is 32.2 Å². The molecule has 0 radical (unpaired) electrons. The van der Waals surface area contributed by atoms with Gasteiger partial charge in [0, 0.05) is 37.2 Å². The number of anilines is 1. The Balaban J connectivity index is 1.46. The van der Waals surface area contributed by atoms with Gasteiger partial charge in [0.15, 0.2) is 0 Å². The molecule has 2 aromatic heterocycles. The van der Waals surface area contributed by atoms with Crippen molar-refractivity contribution in [2.24, 2.45) is 5.92 Å². The number of pyridine rings is 1. The van der Waals surface area contributed by atoms with Gasteiger partial charge in [0.2, 0.25) is 0 Å². The molecule has 5 heterocycles. The van der Waals surface area contributed by atoms with Crippen LogP contribution in [0.5, 0.6) is 0 Å². The van der Waals surface area contributed by atoms with Gasteiger partial charge in [0.25, 0.3) is 11.5 Å². The summed E-state index contributed by atoms with van der Waals surface area (Å²) in [5.41, 5.74) is -0.616. The van der Waals surface area contributed by atoms with Gasteiger partial charge >= 0.3 is 0 Å². The van der Waals surface area contributed by atoms with Gasteiger partial charge in [-0.05, 0) is 58.1 Å². The number of halogens is 3. The highest BCUT2D eigenvalue weighted by Crippen LogP contribution is 2.47. The number of benzene rings is 1. The fourth-order valence-electron chi connectivity index (χ4n) is 6.45. The Bertz CT molecular complexity index is 1590. The van der Waals surface area contributed by atoms with Gasteiger partial charge in [0.05, 0.1) is 28.5 Å². The van der Waals surface area contributed by atoms with Crippen LogP contribution in [0.2, 0.25) is 0 Å². The van der Waals surface area contributed by atoms with Gasteiger partial charge in [-0.2, -0.15) is 5.26 Å². The number of nitriles is 1. The predicted octanol–water partition coefficient (Wildman–Crippen LogP) is 5.96. The summed E-state index contributed by atoms with van der Waals surface area (Å²) < 4.78 is 48.2. The zero-order chi connectivity index (χ0) is 28.9. The Morgan fingerprint density at radius 1 is 1.07 bits per heavy atom. The Morgan fingerprint density at radius 2 is 1.80 bits per heavy atom. The van der Waals surface area contributed by atoms with E-state index < -0.39 is 28.8 Å². The van der Waals surface area contributed by atoms with Crippen LogP contribution < -0.4 is 10.9 Å². The summed E-state index contributed by atoms with van der Waals surface area (Å²) in [5, 5.41) is 13.7. The summed E-state index contributed by atoms with van der Waals surface area (Å²) in [7, 11) is 0. The first-order chi connectivity index (χ1) is 19.6. The first-order valence-corrected chi connectivity index (χ1v) is 14.6. The summed E-state index contributed by atoms with van der Waals surface area (Å²) in [6.45, 7) is 5.92. The molecule has 1 aliphatic carbocycles. The van der Waals surface area contributed by atoms with Crippen LogP contribution in [0.3, 0.4) is 0 Å². The van der Waals surface area contributed by atoms with E-state index in [-0.39, 0.29) is 23.5 Å². The highest BCUT2D eigenvalue weighted by atomic mass is 19.3. The third-order valence-electron chi connectivity index (χ3n) is 8.96. The van der Waals surface area contributed by atoms with Gasteiger partial charge in [-0.3, -0.25) is 9.36 Å². The first-order valence-electron chi connectivity index (χ1n) is 14.6. The van der Waals surface area contributed by atoms with Crippen LogP contribution in [-0.2, 0) is 17.9 Å². The second-order valence-electron chi connectivity index (χ2n) is 12.1. The molecule has 7 nitrogen and oxygen atoms in total. The van der Waals surface area contributed by atoms with Crippen LogP contribution in [0, 0.1) is 30.0 Å². The standard InChI is InChI=1S/C31H35F3N6O/c1-19-22-8-7-9-24(26(22)32)31(33,34)15-21-16-39(17-21)12-5-3-4-6-13-40-28-23(27(36-19)37-20(2)38-28)14-25(29(40)41)30(18-35)10-11-30/h7-9,14,19,21H,3-6,10-13,15-17H2,1-2H3,(H,36,37,38)/t19-/m1/s1. The summed E-state index contributed by atoms with van der Waals surface area (Å²) >= 11 is 0. The lowest BCUT2D eigenvalue weighted by molar-refractivity contribution is -0.0592. The fourth-order valence-corrected chi connectivity index (χ4v) is 6.45. The maximum atomic E-state index is 15.7. The number of aromatic nitrogens is 3. The Hall–Kier alpha value is -3.45. The molecule has 10 heteroatoms. The van der Waals surface area contributed by atoms with E-state index >= 15 is 13.2 Å². The average molecular weight is 565 g/mol. The molecule has 0 spiro atoms. The number of nitrogens with zero attached hydrogens (tertiary/aromatic N) is 5. The molecule has 3 aliphatic heterocycles. The monoisotopic (exact) mass is 564 g/mol. The highest BCUT2D eigenvalue weighted by molar-refractivity contribution is 5.88. The van der Waals surface area contributed by atoms with Gasteiger partial charge in [-0.1, -0.05) is 31.0 Å². The second-order valence-corrected chi connectivity index (χ2v) is 12.1. The Labute approximate surface area is 237 Å². The molecule has 7 rings (SSSR count). The van der Waals surface area contributed by atoms with Crippen molar-refractivity contribution >= 4 is 16.9 Å². The van der Waals surface area contributed by atoms with Crippen LogP contribution in [0.4, 0.5) is 19.0 Å². The lowest BCUT2D eigenvalue weighted by Crippen LogP contribution is -2.48. The molecule has 2 fully saturated rings. The largest absolute Gasteiger partial charge is 0.363 e. The van der Waals surface area contributed by atoms with Crippen molar-refractivity contribution in [2.75, 3.05) is 25.0 Å². The van der Waals surface area contributed by atoms with Gasteiger partial charge < -0.3 is 10.2 Å². The van der Waals surface area contributed by atoms with E-state index in [2.05, 4.69) is 26.3 Å². The van der Waals surface area contributed by atoms with Gasteiger partial charge in [-0.15, -0.1) is 0 Å². The molecule has 1 saturated carbocycles. The zero-order valence-electron chi connectivity index (χ0n) is 23.5. The van der Waals surface area contributed by atoms with E-state index in [1.54, 1.807) is 24.5 Å². The third kappa shape index (κ3) is 5.09. The minimum absolute atomic E-state index is 0.112. The van der Waals surface area contributed by atoms with Crippen molar-refractivity contribution in [1.82, 2.24) is 19.4 Å². The van der Waals surface area contributed by atoms with Gasteiger partial charge in [-0.25, -0.2) is 23.1 Å². The number of hydrogen-bond acceptors (Lipinski definition) is 6. The van der Waals surface area contributed by atoms with Crippen molar-refractivity contribution < 1.29 is 13.2 Å². The topological polar surface area (TPSA) is 86.8 Å². The second kappa shape index (κ2) is 10.4. The molecule has 1 N–H and O–H groups in total. The van der Waals surface area contributed by atoms with Crippen molar-refractivity contribution in [2.45, 2.75) is 82.7 Å². The Kier molecular flexibility index (Phi) is 7.05. The number of fused-ring (bicyclic) bond motifs is 7. The van der Waals surface area contributed by atoms with Crippen LogP contribution in [0.25, 0.3) is 11.0 Å². The molecule has 0 unspecified atom stereocenters. The molecule has 4 aliphatic rings. The SMILES string of the molecule is Cc1nc2c3cc(C4(C#N)CC4)c(=O)n(c3n1)CCCCCCN1CC(C1)CC(F)(F)c1cccc(c1F)[C@@H](C)N2. The lowest BCUT2D eigenvalue weighted by atomic mass is 9.88. The van der Waals surface area contributed by atoms with E-state index in [1.165, 1.54) is 18.2 Å². The summed E-state index contributed by atoms with van der Waals surface area (Å²) in [6, 6.07) is 7.50. The lowest BCUT2D eigenvalue weighted by Gasteiger charge is -2.41. The fraction of sp³-hybridized carbons (Fsp3) is 0.548. The molecule has 41 heavy (non-hydrogen) atoms. The quantitative estimate of drug-likeness (QED) is 0.393. The van der Waals surface area contributed by atoms with Crippen molar-refractivity contribution in [3.63, 3.8) is 0 Å². The summed E-state index contributed by atoms with van der Waals surface area (Å²) in [6.07, 6.45) is 4.44. The average Bonchev–Trinajstić information content (AvgIpc) is 3.70. The molecule has 1 aromatic carbocycles. The summed E-state index contributed by atoms with van der Waals surface area (Å²) in [5.74, 6) is -3.57. The van der Waals surface area contributed by atoms with Crippen molar-refractivity contribution in [1.29, 1.82) is 5.26 Å². The maximum absolute atomic E-state index is 15.7. The van der Waals surface area contributed by atoms with E-state index in [9.17, 15) is 10.1 Å². The van der Waals surface area contributed by atoms with E-state index in [4.69, 9.17) is 0 Å². The van der Waals surface area contributed by atoms with Crippen LogP contribution >= 0.6 is 0 Å². The third-order valence-corrected chi connectivity index (χ3v) is 8.96. The molecular weight excluding hydrogens is 529 g/mol. The van der Waals surface area contributed by atoms with Crippen molar-refractivity contribution in [3.05, 3.63) is 63.0 Å². The first kappa shape index (κ1) is 27.7. The highest BCUT2D eigenvalue weighted by Gasteiger charge is 2.47. The minimum Gasteiger partial charge on any atom is -0.363 e. The molecule has 1 atom stereocenters. The normalized spacial score (nSPS) is 25.5. The molecular formula is C31H35F3N6O. The Morgan fingerprint density at radius 3 is 2.51 bits per heavy atom. The number of hydrogen-bond donors (Lipinski definition) is 1. The smallest absolute Gasteiger partial charge is 0.276 e. The molecule has 8 bridgehead atoms. The van der Waals surface area contributed by atoms with Gasteiger partial charge in [0.1, 0.15) is 23.1 Å². The summed E-state index contributed by atoms with van der Waals surface area (Å²) in [4.78, 5) is 25.1. The molecule has 0 amide bonds. The molecule has 3 aromatic rings. The predicted molar refractivity (Wildman–Crippen MR) is 150 cm³/mol. The van der Waals surface area contributed by atoms with Crippen LogP contribution in [-0.4, -0.2) is 39.1 Å². The van der Waals surface area contributed by atoms with Crippen LogP contribution in [0.1, 0.15) is 80.4 Å². The van der Waals surface area contributed by atoms with Crippen LogP contribution in [0.15, 0.2) is 29.1 Å².